The number of benzene rings is 1. The molecule has 1 unspecified atom stereocenters. The number of thiophene rings is 1. The number of carbonyl (C=O) groups is 2. The highest BCUT2D eigenvalue weighted by Gasteiger charge is 2.15. The van der Waals surface area contributed by atoms with Gasteiger partial charge in [-0.3, -0.25) is 9.69 Å². The standard InChI is InChI=1S/C29H43N3O4S/c1-3-4-6-11-27(34)24-12-14-25(15-13-24)32(23(2)33)30-18-9-10-26-16-17-28(37-26)29(35)36-22-21-31-19-7-5-8-20-31/h12-17,27,30,34H,3-11,18-22H2,1-2H3. The highest BCUT2D eigenvalue weighted by atomic mass is 32.1. The minimum atomic E-state index is -0.470. The number of nitrogens with one attached hydrogen (secondary N) is 1. The topological polar surface area (TPSA) is 82.1 Å². The van der Waals surface area contributed by atoms with Crippen molar-refractivity contribution in [3.63, 3.8) is 0 Å². The molecule has 1 saturated heterocycles. The molecule has 0 radical (unpaired) electrons. The Balaban J connectivity index is 1.39. The Morgan fingerprint density at radius 2 is 1.84 bits per heavy atom. The number of ether oxygens (including phenoxy) is 1. The summed E-state index contributed by atoms with van der Waals surface area (Å²) in [4.78, 5) is 28.7. The third-order valence-electron chi connectivity index (χ3n) is 6.75. The third kappa shape index (κ3) is 9.85. The number of amides is 1. The molecule has 7 nitrogen and oxygen atoms in total. The second-order valence-corrected chi connectivity index (χ2v) is 10.9. The van der Waals surface area contributed by atoms with E-state index in [1.807, 2.05) is 36.4 Å². The molecule has 0 aliphatic carbocycles. The fourth-order valence-corrected chi connectivity index (χ4v) is 5.52. The highest BCUT2D eigenvalue weighted by Crippen LogP contribution is 2.23. The summed E-state index contributed by atoms with van der Waals surface area (Å²) in [6.45, 7) is 7.75. The van der Waals surface area contributed by atoms with Crippen LogP contribution in [-0.2, 0) is 16.0 Å². The number of hydrazine groups is 1. The molecule has 2 aromatic rings. The summed E-state index contributed by atoms with van der Waals surface area (Å²) >= 11 is 1.48. The summed E-state index contributed by atoms with van der Waals surface area (Å²) < 4.78 is 5.48. The minimum Gasteiger partial charge on any atom is -0.460 e. The van der Waals surface area contributed by atoms with Gasteiger partial charge in [-0.05, 0) is 75.0 Å². The van der Waals surface area contributed by atoms with Crippen LogP contribution in [0.2, 0.25) is 0 Å². The number of piperidine rings is 1. The molecular formula is C29H43N3O4S. The number of carbonyl (C=O) groups excluding carboxylic acids is 2. The summed E-state index contributed by atoms with van der Waals surface area (Å²) in [5.41, 5.74) is 4.84. The van der Waals surface area contributed by atoms with Gasteiger partial charge in [0.2, 0.25) is 5.91 Å². The van der Waals surface area contributed by atoms with E-state index in [-0.39, 0.29) is 11.9 Å². The van der Waals surface area contributed by atoms with Gasteiger partial charge in [0.25, 0.3) is 0 Å². The first-order valence-electron chi connectivity index (χ1n) is 13.8. The number of unbranched alkanes of at least 4 members (excludes halogenated alkanes) is 2. The molecule has 1 amide bonds. The molecule has 204 valence electrons. The van der Waals surface area contributed by atoms with Crippen molar-refractivity contribution in [3.8, 4) is 0 Å². The summed E-state index contributed by atoms with van der Waals surface area (Å²) in [5.74, 6) is -0.338. The summed E-state index contributed by atoms with van der Waals surface area (Å²) in [6, 6.07) is 11.4. The number of aryl methyl sites for hydroxylation is 1. The van der Waals surface area contributed by atoms with Crippen LogP contribution in [0.1, 0.15) is 91.4 Å². The van der Waals surface area contributed by atoms with Crippen LogP contribution in [0.5, 0.6) is 0 Å². The maximum absolute atomic E-state index is 12.4. The Labute approximate surface area is 225 Å². The molecule has 0 spiro atoms. The molecular weight excluding hydrogens is 486 g/mol. The zero-order chi connectivity index (χ0) is 26.5. The lowest BCUT2D eigenvalue weighted by Gasteiger charge is -2.25. The van der Waals surface area contributed by atoms with E-state index in [2.05, 4.69) is 17.2 Å². The quantitative estimate of drug-likeness (QED) is 0.180. The predicted molar refractivity (Wildman–Crippen MR) is 150 cm³/mol. The van der Waals surface area contributed by atoms with Crippen molar-refractivity contribution in [3.05, 3.63) is 51.7 Å². The van der Waals surface area contributed by atoms with E-state index in [1.54, 1.807) is 5.01 Å². The van der Waals surface area contributed by atoms with Gasteiger partial charge in [-0.15, -0.1) is 11.3 Å². The van der Waals surface area contributed by atoms with Crippen LogP contribution in [0.3, 0.4) is 0 Å². The number of esters is 1. The number of aliphatic hydroxyl groups excluding tert-OH is 1. The van der Waals surface area contributed by atoms with Crippen molar-refractivity contribution in [1.29, 1.82) is 0 Å². The van der Waals surface area contributed by atoms with Crippen LogP contribution in [0.25, 0.3) is 0 Å². The van der Waals surface area contributed by atoms with Gasteiger partial charge < -0.3 is 9.84 Å². The van der Waals surface area contributed by atoms with E-state index in [1.165, 1.54) is 37.5 Å². The zero-order valence-corrected chi connectivity index (χ0v) is 23.2. The monoisotopic (exact) mass is 529 g/mol. The van der Waals surface area contributed by atoms with Crippen molar-refractivity contribution in [2.45, 2.75) is 77.7 Å². The van der Waals surface area contributed by atoms with Crippen LogP contribution < -0.4 is 10.4 Å². The lowest BCUT2D eigenvalue weighted by molar-refractivity contribution is -0.117. The number of anilines is 1. The first kappa shape index (κ1) is 29.3. The molecule has 1 aliphatic rings. The van der Waals surface area contributed by atoms with Gasteiger partial charge >= 0.3 is 5.97 Å². The number of hydrogen-bond donors (Lipinski definition) is 2. The van der Waals surface area contributed by atoms with Crippen LogP contribution in [0.15, 0.2) is 36.4 Å². The predicted octanol–water partition coefficient (Wildman–Crippen LogP) is 5.49. The molecule has 1 atom stereocenters. The fourth-order valence-electron chi connectivity index (χ4n) is 4.58. The number of rotatable bonds is 15. The normalized spacial score (nSPS) is 14.9. The third-order valence-corrected chi connectivity index (χ3v) is 7.88. The Hall–Kier alpha value is -2.26. The average Bonchev–Trinajstić information content (AvgIpc) is 3.38. The Morgan fingerprint density at radius 1 is 1.08 bits per heavy atom. The molecule has 1 aliphatic heterocycles. The SMILES string of the molecule is CCCCCC(O)c1ccc(N(NCCCc2ccc(C(=O)OCCN3CCCCC3)s2)C(C)=O)cc1. The van der Waals surface area contributed by atoms with Gasteiger partial charge in [0.05, 0.1) is 11.8 Å². The van der Waals surface area contributed by atoms with E-state index in [0.29, 0.717) is 18.0 Å². The fraction of sp³-hybridized carbons (Fsp3) is 0.586. The van der Waals surface area contributed by atoms with Crippen LogP contribution >= 0.6 is 11.3 Å². The Kier molecular flexibility index (Phi) is 12.6. The summed E-state index contributed by atoms with van der Waals surface area (Å²) in [7, 11) is 0. The molecule has 0 saturated carbocycles. The second-order valence-electron chi connectivity index (χ2n) is 9.77. The maximum Gasteiger partial charge on any atom is 0.348 e. The zero-order valence-electron chi connectivity index (χ0n) is 22.4. The molecule has 0 bridgehead atoms. The molecule has 2 N–H and O–H groups in total. The first-order chi connectivity index (χ1) is 18.0. The van der Waals surface area contributed by atoms with Crippen molar-refractivity contribution in [2.24, 2.45) is 0 Å². The molecule has 8 heteroatoms. The maximum atomic E-state index is 12.4. The molecule has 2 heterocycles. The second kappa shape index (κ2) is 15.9. The molecule has 3 rings (SSSR count). The molecule has 1 fully saturated rings. The van der Waals surface area contributed by atoms with E-state index in [9.17, 15) is 14.7 Å². The summed E-state index contributed by atoms with van der Waals surface area (Å²) in [5, 5.41) is 11.9. The van der Waals surface area contributed by atoms with Crippen LogP contribution in [0, 0.1) is 0 Å². The molecule has 1 aromatic carbocycles. The Morgan fingerprint density at radius 3 is 2.54 bits per heavy atom. The highest BCUT2D eigenvalue weighted by molar-refractivity contribution is 7.13. The van der Waals surface area contributed by atoms with Crippen LogP contribution in [-0.4, -0.2) is 54.7 Å². The first-order valence-corrected chi connectivity index (χ1v) is 14.6. The van der Waals surface area contributed by atoms with Crippen molar-refractivity contribution in [2.75, 3.05) is 37.8 Å². The van der Waals surface area contributed by atoms with Crippen molar-refractivity contribution >= 4 is 28.9 Å². The van der Waals surface area contributed by atoms with E-state index < -0.39 is 6.10 Å². The van der Waals surface area contributed by atoms with Gasteiger partial charge in [0.1, 0.15) is 11.5 Å². The Bertz CT molecular complexity index is 956. The lowest BCUT2D eigenvalue weighted by Crippen LogP contribution is -2.42. The number of likely N-dealkylation sites (tertiary alicyclic amines) is 1. The van der Waals surface area contributed by atoms with Crippen LogP contribution in [0.4, 0.5) is 5.69 Å². The number of hydrogen-bond acceptors (Lipinski definition) is 7. The number of aliphatic hydroxyl groups is 1. The largest absolute Gasteiger partial charge is 0.460 e. The van der Waals surface area contributed by atoms with Gasteiger partial charge in [-0.1, -0.05) is 44.7 Å². The average molecular weight is 530 g/mol. The van der Waals surface area contributed by atoms with E-state index in [0.717, 1.165) is 74.3 Å². The van der Waals surface area contributed by atoms with E-state index in [4.69, 9.17) is 4.74 Å². The van der Waals surface area contributed by atoms with Crippen molar-refractivity contribution in [1.82, 2.24) is 10.3 Å². The molecule has 1 aromatic heterocycles. The van der Waals surface area contributed by atoms with Gasteiger partial charge in [0.15, 0.2) is 0 Å². The van der Waals surface area contributed by atoms with Gasteiger partial charge in [0, 0.05) is 24.9 Å². The van der Waals surface area contributed by atoms with Gasteiger partial charge in [-0.25, -0.2) is 15.2 Å². The summed E-state index contributed by atoms with van der Waals surface area (Å²) in [6.07, 6.45) is 8.94. The smallest absolute Gasteiger partial charge is 0.348 e. The van der Waals surface area contributed by atoms with E-state index >= 15 is 0 Å². The van der Waals surface area contributed by atoms with Crippen molar-refractivity contribution < 1.29 is 19.4 Å². The number of nitrogens with zero attached hydrogens (tertiary/aromatic N) is 2. The lowest BCUT2D eigenvalue weighted by atomic mass is 10.0. The van der Waals surface area contributed by atoms with Gasteiger partial charge in [-0.2, -0.15) is 0 Å². The molecule has 37 heavy (non-hydrogen) atoms. The minimum absolute atomic E-state index is 0.0954.